The normalized spacial score (nSPS) is 51.3. The first-order valence-electron chi connectivity index (χ1n) is 16.2. The highest BCUT2D eigenvalue weighted by molar-refractivity contribution is 5.48. The van der Waals surface area contributed by atoms with E-state index in [9.17, 15) is 20.4 Å². The van der Waals surface area contributed by atoms with E-state index in [0.717, 1.165) is 25.7 Å². The van der Waals surface area contributed by atoms with Crippen LogP contribution in [0.3, 0.4) is 0 Å². The van der Waals surface area contributed by atoms with Gasteiger partial charge in [0.25, 0.3) is 0 Å². The van der Waals surface area contributed by atoms with E-state index in [2.05, 4.69) is 71.9 Å². The molecule has 4 fully saturated rings. The van der Waals surface area contributed by atoms with Crippen LogP contribution in [0.5, 0.6) is 0 Å². The first-order chi connectivity index (χ1) is 19.8. The molecule has 2 saturated carbocycles. The quantitative estimate of drug-likeness (QED) is 0.258. The second-order valence-electron chi connectivity index (χ2n) is 15.1. The molecule has 4 N–H and O–H groups in total. The first-order valence-corrected chi connectivity index (χ1v) is 16.2. The van der Waals surface area contributed by atoms with Crippen molar-refractivity contribution in [3.8, 4) is 0 Å². The zero-order chi connectivity index (χ0) is 30.2. The van der Waals surface area contributed by atoms with Crippen LogP contribution in [-0.2, 0) is 19.2 Å². The molecule has 4 aliphatic carbocycles. The van der Waals surface area contributed by atoms with E-state index >= 15 is 0 Å². The highest BCUT2D eigenvalue weighted by Crippen LogP contribution is 2.71. The van der Waals surface area contributed by atoms with Crippen LogP contribution in [0.1, 0.15) is 80.1 Å². The van der Waals surface area contributed by atoms with Gasteiger partial charge in [0.1, 0.15) is 35.6 Å². The van der Waals surface area contributed by atoms with Crippen molar-refractivity contribution in [1.29, 1.82) is 0 Å². The van der Waals surface area contributed by atoms with Crippen molar-refractivity contribution in [3.63, 3.8) is 0 Å². The molecule has 3 aliphatic heterocycles. The summed E-state index contributed by atoms with van der Waals surface area (Å²) >= 11 is 0. The van der Waals surface area contributed by atoms with Gasteiger partial charge in [-0.1, -0.05) is 59.8 Å². The Hall–Kier alpha value is -1.10. The van der Waals surface area contributed by atoms with Crippen molar-refractivity contribution in [2.45, 2.75) is 128 Å². The summed E-state index contributed by atoms with van der Waals surface area (Å²) in [4.78, 5) is 13.0. The van der Waals surface area contributed by atoms with Crippen LogP contribution in [0.25, 0.3) is 0 Å². The van der Waals surface area contributed by atoms with E-state index < -0.39 is 48.5 Å². The second-order valence-corrected chi connectivity index (χ2v) is 15.1. The minimum Gasteiger partial charge on any atom is -0.394 e. The van der Waals surface area contributed by atoms with Gasteiger partial charge in [-0.05, 0) is 78.9 Å². The van der Waals surface area contributed by atoms with Crippen molar-refractivity contribution >= 4 is 0 Å². The third-order valence-corrected chi connectivity index (χ3v) is 12.6. The highest BCUT2D eigenvalue weighted by atomic mass is 17.2. The number of ether oxygens (including phenoxy) is 2. The summed E-state index contributed by atoms with van der Waals surface area (Å²) < 4.78 is 11.8. The Bertz CT molecular complexity index is 1120. The Morgan fingerprint density at radius 1 is 0.976 bits per heavy atom. The highest BCUT2D eigenvalue weighted by Gasteiger charge is 2.72. The Morgan fingerprint density at radius 2 is 1.74 bits per heavy atom. The van der Waals surface area contributed by atoms with E-state index in [0.29, 0.717) is 36.0 Å². The van der Waals surface area contributed by atoms with Gasteiger partial charge in [0.05, 0.1) is 12.7 Å². The van der Waals surface area contributed by atoms with Gasteiger partial charge in [-0.15, -0.1) is 0 Å². The molecule has 14 atom stereocenters. The minimum atomic E-state index is -1.47. The van der Waals surface area contributed by atoms with E-state index in [4.69, 9.17) is 19.2 Å². The molecule has 3 heterocycles. The zero-order valence-electron chi connectivity index (χ0n) is 26.1. The van der Waals surface area contributed by atoms with Crippen molar-refractivity contribution in [2.75, 3.05) is 6.61 Å². The summed E-state index contributed by atoms with van der Waals surface area (Å²) in [5, 5.41) is 40.5. The molecule has 14 unspecified atom stereocenters. The number of aliphatic hydroxyl groups excluding tert-OH is 4. The van der Waals surface area contributed by atoms with Crippen LogP contribution in [0.15, 0.2) is 36.0 Å². The lowest BCUT2D eigenvalue weighted by molar-refractivity contribution is -0.457. The predicted octanol–water partition coefficient (Wildman–Crippen LogP) is 4.22. The predicted molar refractivity (Wildman–Crippen MR) is 157 cm³/mol. The molecule has 0 aromatic heterocycles. The van der Waals surface area contributed by atoms with Crippen molar-refractivity contribution < 1.29 is 39.7 Å². The first kappa shape index (κ1) is 30.9. The third kappa shape index (κ3) is 4.38. The topological polar surface area (TPSA) is 118 Å². The number of fused-ring (bicyclic) bond motifs is 2. The Labute approximate surface area is 250 Å². The van der Waals surface area contributed by atoms with Crippen LogP contribution in [0.2, 0.25) is 0 Å². The van der Waals surface area contributed by atoms with Crippen molar-refractivity contribution in [3.05, 3.63) is 36.0 Å². The molecule has 2 saturated heterocycles. The van der Waals surface area contributed by atoms with Crippen LogP contribution in [0, 0.1) is 40.4 Å². The molecule has 8 heteroatoms. The van der Waals surface area contributed by atoms with Crippen LogP contribution >= 0.6 is 0 Å². The summed E-state index contributed by atoms with van der Waals surface area (Å²) in [6, 6.07) is 0. The standard InChI is InChI=1S/C34H52O8/c1-19(2)20(3)7-8-21(4)23-9-10-25-31(23,5)13-12-26-32(6)14-11-22(17-33(32)15-16-34(25,26)42-41-33)39-30-29(38)28(37)27(36)24(18-35)40-30/h7-8,12,15-16,19-25,27-30,35-38H,9-11,13-14,17-18H2,1-6H3. The van der Waals surface area contributed by atoms with Gasteiger partial charge in [-0.25, -0.2) is 9.78 Å². The number of aliphatic hydroxyl groups is 4. The number of allylic oxidation sites excluding steroid dienone is 3. The van der Waals surface area contributed by atoms with Gasteiger partial charge in [0, 0.05) is 17.8 Å². The molecule has 7 aliphatic rings. The number of rotatable bonds is 7. The van der Waals surface area contributed by atoms with Crippen molar-refractivity contribution in [1.82, 2.24) is 0 Å². The molecule has 8 nitrogen and oxygen atoms in total. The molecule has 0 radical (unpaired) electrons. The summed E-state index contributed by atoms with van der Waals surface area (Å²) in [6.45, 7) is 13.5. The maximum Gasteiger partial charge on any atom is 0.186 e. The average Bonchev–Trinajstić information content (AvgIpc) is 3.33. The van der Waals surface area contributed by atoms with Gasteiger partial charge in [-0.3, -0.25) is 0 Å². The number of hydrogen-bond acceptors (Lipinski definition) is 8. The molecule has 7 rings (SSSR count). The minimum absolute atomic E-state index is 0.110. The van der Waals surface area contributed by atoms with E-state index in [1.165, 1.54) is 12.0 Å². The fraction of sp³-hybridized carbons (Fsp3) is 0.824. The largest absolute Gasteiger partial charge is 0.394 e. The van der Waals surface area contributed by atoms with Gasteiger partial charge in [-0.2, -0.15) is 0 Å². The monoisotopic (exact) mass is 588 g/mol. The van der Waals surface area contributed by atoms with Gasteiger partial charge < -0.3 is 29.9 Å². The van der Waals surface area contributed by atoms with Crippen LogP contribution < -0.4 is 0 Å². The fourth-order valence-electron chi connectivity index (χ4n) is 9.48. The van der Waals surface area contributed by atoms with Gasteiger partial charge >= 0.3 is 0 Å². The van der Waals surface area contributed by atoms with Gasteiger partial charge in [0.2, 0.25) is 0 Å². The fourth-order valence-corrected chi connectivity index (χ4v) is 9.48. The molecular formula is C34H52O8. The molecule has 2 spiro atoms. The van der Waals surface area contributed by atoms with Crippen LogP contribution in [-0.4, -0.2) is 75.0 Å². The Balaban J connectivity index is 1.22. The lowest BCUT2D eigenvalue weighted by Crippen LogP contribution is -2.69. The molecule has 0 aromatic carbocycles. The summed E-state index contributed by atoms with van der Waals surface area (Å²) in [6.07, 6.45) is 10.4. The molecule has 0 amide bonds. The second kappa shape index (κ2) is 10.8. The lowest BCUT2D eigenvalue weighted by Gasteiger charge is -2.66. The SMILES string of the molecule is CC(C)C(C)C=CC(C)C1CCC2C34C=CC5(CC(OC6OC(CO)C(O)C(O)C6O)CCC5(C)C3=CCC12C)OO4. The van der Waals surface area contributed by atoms with Gasteiger partial charge in [0.15, 0.2) is 6.29 Å². The Morgan fingerprint density at radius 3 is 2.40 bits per heavy atom. The molecule has 0 aromatic rings. The summed E-state index contributed by atoms with van der Waals surface area (Å²) in [5.41, 5.74) is -0.0780. The maximum absolute atomic E-state index is 10.5. The van der Waals surface area contributed by atoms with E-state index in [-0.39, 0.29) is 16.9 Å². The summed E-state index contributed by atoms with van der Waals surface area (Å²) in [5.74, 6) is 2.61. The average molecular weight is 589 g/mol. The summed E-state index contributed by atoms with van der Waals surface area (Å²) in [7, 11) is 0. The van der Waals surface area contributed by atoms with E-state index in [1.807, 2.05) is 0 Å². The lowest BCUT2D eigenvalue weighted by atomic mass is 9.46. The van der Waals surface area contributed by atoms with E-state index in [1.54, 1.807) is 0 Å². The smallest absolute Gasteiger partial charge is 0.186 e. The van der Waals surface area contributed by atoms with Crippen molar-refractivity contribution in [2.24, 2.45) is 40.4 Å². The molecular weight excluding hydrogens is 536 g/mol. The number of hydrogen-bond donors (Lipinski definition) is 4. The third-order valence-electron chi connectivity index (χ3n) is 12.6. The molecule has 2 bridgehead atoms. The van der Waals surface area contributed by atoms with Crippen LogP contribution in [0.4, 0.5) is 0 Å². The maximum atomic E-state index is 10.5. The zero-order valence-corrected chi connectivity index (χ0v) is 26.1. The molecule has 42 heavy (non-hydrogen) atoms. The molecule has 236 valence electrons. The Kier molecular flexibility index (Phi) is 7.92.